The first-order valence-corrected chi connectivity index (χ1v) is 9.89. The molecule has 0 radical (unpaired) electrons. The molecule has 3 aromatic rings. The third-order valence-corrected chi connectivity index (χ3v) is 5.65. The number of benzene rings is 3. The van der Waals surface area contributed by atoms with Gasteiger partial charge in [0.15, 0.2) is 0 Å². The van der Waals surface area contributed by atoms with E-state index in [2.05, 4.69) is 6.07 Å². The number of hydrogen-bond donors (Lipinski definition) is 1. The predicted molar refractivity (Wildman–Crippen MR) is 117 cm³/mol. The van der Waals surface area contributed by atoms with Crippen LogP contribution in [0.4, 0.5) is 0 Å². The second-order valence-corrected chi connectivity index (χ2v) is 8.13. The summed E-state index contributed by atoms with van der Waals surface area (Å²) in [6.45, 7) is 3.31. The van der Waals surface area contributed by atoms with Gasteiger partial charge in [-0.05, 0) is 67.8 Å². The van der Waals surface area contributed by atoms with Crippen molar-refractivity contribution in [2.75, 3.05) is 0 Å². The van der Waals surface area contributed by atoms with Crippen molar-refractivity contribution in [3.05, 3.63) is 95.0 Å². The van der Waals surface area contributed by atoms with Crippen LogP contribution in [-0.4, -0.2) is 11.1 Å². The summed E-state index contributed by atoms with van der Waals surface area (Å²) in [4.78, 5) is 12.7. The van der Waals surface area contributed by atoms with Gasteiger partial charge in [0.1, 0.15) is 16.9 Å². The lowest BCUT2D eigenvalue weighted by molar-refractivity contribution is -0.147. The molecule has 0 saturated carbocycles. The number of nitriles is 1. The maximum absolute atomic E-state index is 12.7. The Morgan fingerprint density at radius 2 is 1.63 bits per heavy atom. The fraction of sp³-hybridized carbons (Fsp3) is 0.200. The number of carboxylic acids is 1. The summed E-state index contributed by atoms with van der Waals surface area (Å²) in [6.07, 6.45) is 0.122. The first-order chi connectivity index (χ1) is 14.3. The van der Waals surface area contributed by atoms with E-state index in [4.69, 9.17) is 16.3 Å². The van der Waals surface area contributed by atoms with E-state index in [1.54, 1.807) is 38.1 Å². The van der Waals surface area contributed by atoms with Gasteiger partial charge in [-0.3, -0.25) is 4.79 Å². The lowest BCUT2D eigenvalue weighted by Crippen LogP contribution is -2.49. The summed E-state index contributed by atoms with van der Waals surface area (Å²) in [6, 6.07) is 25.5. The van der Waals surface area contributed by atoms with E-state index in [0.717, 1.165) is 5.56 Å². The van der Waals surface area contributed by atoms with Crippen molar-refractivity contribution in [2.24, 2.45) is 5.41 Å². The summed E-state index contributed by atoms with van der Waals surface area (Å²) in [7, 11) is 0. The molecule has 0 fully saturated rings. The van der Waals surface area contributed by atoms with Crippen LogP contribution in [0.2, 0.25) is 5.02 Å². The summed E-state index contributed by atoms with van der Waals surface area (Å²) in [5, 5.41) is 20.7. The van der Waals surface area contributed by atoms with Crippen molar-refractivity contribution in [2.45, 2.75) is 25.7 Å². The van der Waals surface area contributed by atoms with Gasteiger partial charge in [0, 0.05) is 5.02 Å². The van der Waals surface area contributed by atoms with Crippen LogP contribution in [0.25, 0.3) is 0 Å². The van der Waals surface area contributed by atoms with Crippen molar-refractivity contribution in [1.82, 2.24) is 0 Å². The number of para-hydroxylation sites is 1. The first kappa shape index (κ1) is 21.4. The normalized spacial score (nSPS) is 13.1. The molecule has 5 heteroatoms. The second kappa shape index (κ2) is 8.61. The van der Waals surface area contributed by atoms with Gasteiger partial charge in [-0.1, -0.05) is 54.1 Å². The van der Waals surface area contributed by atoms with Gasteiger partial charge in [-0.2, -0.15) is 5.26 Å². The molecular weight excluding hydrogens is 398 g/mol. The Kier molecular flexibility index (Phi) is 6.14. The standard InChI is InChI=1S/C25H22ClNO3/c1-24(2,17-27)25(23(28)29,19-11-13-20(26)14-12-19)16-18-7-6-10-22(15-18)30-21-8-4-3-5-9-21/h3-15H,16H2,1-2H3,(H,28,29). The molecule has 0 aromatic heterocycles. The molecule has 0 aliphatic carbocycles. The monoisotopic (exact) mass is 419 g/mol. The third-order valence-electron chi connectivity index (χ3n) is 5.40. The average molecular weight is 420 g/mol. The van der Waals surface area contributed by atoms with Crippen LogP contribution in [-0.2, 0) is 16.6 Å². The van der Waals surface area contributed by atoms with E-state index in [9.17, 15) is 15.2 Å². The Labute approximate surface area is 181 Å². The lowest BCUT2D eigenvalue weighted by atomic mass is 9.59. The molecule has 1 atom stereocenters. The molecule has 0 spiro atoms. The SMILES string of the molecule is CC(C)(C#N)C(Cc1cccc(Oc2ccccc2)c1)(C(=O)O)c1ccc(Cl)cc1. The molecule has 0 bridgehead atoms. The minimum absolute atomic E-state index is 0.122. The zero-order valence-corrected chi connectivity index (χ0v) is 17.6. The van der Waals surface area contributed by atoms with Crippen molar-refractivity contribution in [3.63, 3.8) is 0 Å². The topological polar surface area (TPSA) is 70.3 Å². The van der Waals surface area contributed by atoms with Crippen LogP contribution in [0.5, 0.6) is 11.5 Å². The minimum Gasteiger partial charge on any atom is -0.481 e. The summed E-state index contributed by atoms with van der Waals surface area (Å²) >= 11 is 6.02. The van der Waals surface area contributed by atoms with Gasteiger partial charge in [-0.25, -0.2) is 0 Å². The molecule has 4 nitrogen and oxygen atoms in total. The van der Waals surface area contributed by atoms with Crippen LogP contribution in [0.3, 0.4) is 0 Å². The molecule has 30 heavy (non-hydrogen) atoms. The van der Waals surface area contributed by atoms with Crippen molar-refractivity contribution >= 4 is 17.6 Å². The summed E-state index contributed by atoms with van der Waals surface area (Å²) < 4.78 is 5.90. The molecule has 0 saturated heterocycles. The predicted octanol–water partition coefficient (Wildman–Crippen LogP) is 6.25. The molecule has 0 heterocycles. The molecule has 0 aliphatic rings. The largest absolute Gasteiger partial charge is 0.481 e. The van der Waals surface area contributed by atoms with Gasteiger partial charge in [0.25, 0.3) is 0 Å². The van der Waals surface area contributed by atoms with E-state index in [0.29, 0.717) is 22.1 Å². The van der Waals surface area contributed by atoms with E-state index < -0.39 is 16.8 Å². The minimum atomic E-state index is -1.47. The van der Waals surface area contributed by atoms with Gasteiger partial charge in [0.05, 0.1) is 11.5 Å². The zero-order chi connectivity index (χ0) is 21.8. The first-order valence-electron chi connectivity index (χ1n) is 9.51. The fourth-order valence-corrected chi connectivity index (χ4v) is 3.76. The van der Waals surface area contributed by atoms with Gasteiger partial charge < -0.3 is 9.84 Å². The highest BCUT2D eigenvalue weighted by Crippen LogP contribution is 2.45. The molecule has 152 valence electrons. The molecule has 1 unspecified atom stereocenters. The number of aliphatic carboxylic acids is 1. The molecule has 1 N–H and O–H groups in total. The number of nitrogens with zero attached hydrogens (tertiary/aromatic N) is 1. The number of rotatable bonds is 7. The van der Waals surface area contributed by atoms with Gasteiger partial charge in [-0.15, -0.1) is 0 Å². The van der Waals surface area contributed by atoms with Crippen LogP contribution >= 0.6 is 11.6 Å². The lowest BCUT2D eigenvalue weighted by Gasteiger charge is -2.39. The molecular formula is C25H22ClNO3. The Morgan fingerprint density at radius 3 is 2.23 bits per heavy atom. The number of carbonyl (C=O) groups is 1. The van der Waals surface area contributed by atoms with Gasteiger partial charge in [0.2, 0.25) is 0 Å². The number of hydrogen-bond acceptors (Lipinski definition) is 3. The molecule has 3 rings (SSSR count). The number of carboxylic acid groups (broad SMARTS) is 1. The summed E-state index contributed by atoms with van der Waals surface area (Å²) in [5.41, 5.74) is -1.38. The zero-order valence-electron chi connectivity index (χ0n) is 16.8. The quantitative estimate of drug-likeness (QED) is 0.491. The smallest absolute Gasteiger partial charge is 0.316 e. The third kappa shape index (κ3) is 4.17. The highest BCUT2D eigenvalue weighted by Gasteiger charge is 2.53. The molecule has 0 amide bonds. The van der Waals surface area contributed by atoms with Crippen molar-refractivity contribution in [1.29, 1.82) is 5.26 Å². The highest BCUT2D eigenvalue weighted by atomic mass is 35.5. The Balaban J connectivity index is 2.06. The van der Waals surface area contributed by atoms with Crippen LogP contribution < -0.4 is 4.74 Å². The Morgan fingerprint density at radius 1 is 1.00 bits per heavy atom. The van der Waals surface area contributed by atoms with Gasteiger partial charge >= 0.3 is 5.97 Å². The number of ether oxygens (including phenoxy) is 1. The summed E-state index contributed by atoms with van der Waals surface area (Å²) in [5.74, 6) is 0.226. The van der Waals surface area contributed by atoms with E-state index in [1.165, 1.54) is 0 Å². The number of halogens is 1. The maximum atomic E-state index is 12.7. The van der Waals surface area contributed by atoms with E-state index in [-0.39, 0.29) is 6.42 Å². The van der Waals surface area contributed by atoms with Crippen molar-refractivity contribution in [3.8, 4) is 17.6 Å². The molecule has 0 aliphatic heterocycles. The Bertz CT molecular complexity index is 1070. The van der Waals surface area contributed by atoms with E-state index in [1.807, 2.05) is 54.6 Å². The average Bonchev–Trinajstić information content (AvgIpc) is 2.73. The fourth-order valence-electron chi connectivity index (χ4n) is 3.63. The van der Waals surface area contributed by atoms with E-state index >= 15 is 0 Å². The van der Waals surface area contributed by atoms with Crippen LogP contribution in [0.15, 0.2) is 78.9 Å². The van der Waals surface area contributed by atoms with Crippen LogP contribution in [0.1, 0.15) is 25.0 Å². The van der Waals surface area contributed by atoms with Crippen molar-refractivity contribution < 1.29 is 14.6 Å². The Hall–Kier alpha value is -3.29. The second-order valence-electron chi connectivity index (χ2n) is 7.69. The maximum Gasteiger partial charge on any atom is 0.316 e. The van der Waals surface area contributed by atoms with Crippen LogP contribution in [0, 0.1) is 16.7 Å². The highest BCUT2D eigenvalue weighted by molar-refractivity contribution is 6.30. The molecule has 3 aromatic carbocycles.